The molecule has 0 spiro atoms. The molecule has 3 N–H and O–H groups in total. The van der Waals surface area contributed by atoms with Gasteiger partial charge in [0.05, 0.1) is 5.56 Å². The van der Waals surface area contributed by atoms with E-state index in [2.05, 4.69) is 5.32 Å². The number of benzene rings is 2. The molecule has 0 aliphatic rings. The minimum atomic E-state index is -0.152. The molecular weight excluding hydrogens is 286 g/mol. The molecule has 1 amide bonds. The number of anilines is 2. The van der Waals surface area contributed by atoms with E-state index in [0.717, 1.165) is 11.3 Å². The molecule has 21 heavy (non-hydrogen) atoms. The third-order valence-corrected chi connectivity index (χ3v) is 3.37. The van der Waals surface area contributed by atoms with Crippen molar-refractivity contribution in [3.63, 3.8) is 0 Å². The van der Waals surface area contributed by atoms with Crippen molar-refractivity contribution in [3.05, 3.63) is 58.6 Å². The summed E-state index contributed by atoms with van der Waals surface area (Å²) >= 11 is 5.84. The quantitative estimate of drug-likeness (QED) is 0.854. The lowest BCUT2D eigenvalue weighted by atomic mass is 10.1. The molecule has 0 aliphatic carbocycles. The van der Waals surface area contributed by atoms with Crippen LogP contribution in [0.4, 0.5) is 11.4 Å². The lowest BCUT2D eigenvalue weighted by Gasteiger charge is -2.17. The molecule has 2 aromatic carbocycles. The standard InChI is InChI=1S/C16H18ClN3O/c1-20(2)15-8-7-13(18)9-14(15)16(21)19-10-11-3-5-12(17)6-4-11/h3-9H,10,18H2,1-2H3,(H,19,21). The van der Waals surface area contributed by atoms with Crippen LogP contribution in [0.15, 0.2) is 42.5 Å². The third-order valence-electron chi connectivity index (χ3n) is 3.11. The Bertz CT molecular complexity index is 638. The topological polar surface area (TPSA) is 58.4 Å². The first-order chi connectivity index (χ1) is 9.97. The summed E-state index contributed by atoms with van der Waals surface area (Å²) < 4.78 is 0. The van der Waals surface area contributed by atoms with Crippen molar-refractivity contribution >= 4 is 28.9 Å². The van der Waals surface area contributed by atoms with Gasteiger partial charge in [-0.2, -0.15) is 0 Å². The van der Waals surface area contributed by atoms with Crippen LogP contribution in [0.2, 0.25) is 5.02 Å². The van der Waals surface area contributed by atoms with E-state index in [1.807, 2.05) is 37.2 Å². The average molecular weight is 304 g/mol. The Morgan fingerprint density at radius 2 is 1.86 bits per heavy atom. The minimum Gasteiger partial charge on any atom is -0.399 e. The van der Waals surface area contributed by atoms with Gasteiger partial charge in [0.25, 0.3) is 5.91 Å². The van der Waals surface area contributed by atoms with Gasteiger partial charge < -0.3 is 16.0 Å². The fraction of sp³-hybridized carbons (Fsp3) is 0.188. The second-order valence-corrected chi connectivity index (χ2v) is 5.42. The molecule has 0 fully saturated rings. The summed E-state index contributed by atoms with van der Waals surface area (Å²) in [5.41, 5.74) is 8.73. The van der Waals surface area contributed by atoms with Gasteiger partial charge in [0, 0.05) is 37.0 Å². The maximum absolute atomic E-state index is 12.3. The molecule has 0 radical (unpaired) electrons. The Labute approximate surface area is 129 Å². The zero-order valence-corrected chi connectivity index (χ0v) is 12.8. The first-order valence-corrected chi connectivity index (χ1v) is 6.94. The van der Waals surface area contributed by atoms with Gasteiger partial charge in [-0.1, -0.05) is 23.7 Å². The molecule has 0 heterocycles. The van der Waals surface area contributed by atoms with E-state index in [0.29, 0.717) is 22.8 Å². The van der Waals surface area contributed by atoms with Crippen LogP contribution >= 0.6 is 11.6 Å². The number of nitrogen functional groups attached to an aromatic ring is 1. The molecule has 4 nitrogen and oxygen atoms in total. The summed E-state index contributed by atoms with van der Waals surface area (Å²) in [4.78, 5) is 14.2. The van der Waals surface area contributed by atoms with Crippen LogP contribution in [-0.4, -0.2) is 20.0 Å². The zero-order valence-electron chi connectivity index (χ0n) is 12.1. The molecule has 5 heteroatoms. The summed E-state index contributed by atoms with van der Waals surface area (Å²) in [5.74, 6) is -0.152. The Kier molecular flexibility index (Phi) is 4.70. The predicted molar refractivity (Wildman–Crippen MR) is 87.8 cm³/mol. The summed E-state index contributed by atoms with van der Waals surface area (Å²) in [7, 11) is 3.78. The van der Waals surface area contributed by atoms with Crippen molar-refractivity contribution in [1.29, 1.82) is 0 Å². The van der Waals surface area contributed by atoms with E-state index in [9.17, 15) is 4.79 Å². The van der Waals surface area contributed by atoms with Crippen LogP contribution in [-0.2, 0) is 6.54 Å². The molecule has 0 aliphatic heterocycles. The summed E-state index contributed by atoms with van der Waals surface area (Å²) in [6.45, 7) is 0.442. The van der Waals surface area contributed by atoms with Crippen LogP contribution in [0.25, 0.3) is 0 Å². The monoisotopic (exact) mass is 303 g/mol. The number of nitrogens with zero attached hydrogens (tertiary/aromatic N) is 1. The van der Waals surface area contributed by atoms with Gasteiger partial charge in [0.1, 0.15) is 0 Å². The highest BCUT2D eigenvalue weighted by Gasteiger charge is 2.13. The van der Waals surface area contributed by atoms with E-state index in [-0.39, 0.29) is 5.91 Å². The second kappa shape index (κ2) is 6.50. The van der Waals surface area contributed by atoms with E-state index >= 15 is 0 Å². The highest BCUT2D eigenvalue weighted by molar-refractivity contribution is 6.30. The second-order valence-electron chi connectivity index (χ2n) is 4.98. The third kappa shape index (κ3) is 3.89. The average Bonchev–Trinajstić information content (AvgIpc) is 2.46. The molecule has 2 aromatic rings. The highest BCUT2D eigenvalue weighted by atomic mass is 35.5. The molecule has 0 atom stereocenters. The predicted octanol–water partition coefficient (Wildman–Crippen LogP) is 2.92. The van der Waals surface area contributed by atoms with Crippen molar-refractivity contribution in [3.8, 4) is 0 Å². The van der Waals surface area contributed by atoms with Gasteiger partial charge >= 0.3 is 0 Å². The maximum atomic E-state index is 12.3. The van der Waals surface area contributed by atoms with Crippen LogP contribution < -0.4 is 16.0 Å². The lowest BCUT2D eigenvalue weighted by molar-refractivity contribution is 0.0951. The summed E-state index contributed by atoms with van der Waals surface area (Å²) in [6, 6.07) is 12.7. The van der Waals surface area contributed by atoms with E-state index in [1.54, 1.807) is 24.3 Å². The van der Waals surface area contributed by atoms with Crippen LogP contribution in [0.3, 0.4) is 0 Å². The molecule has 0 unspecified atom stereocenters. The van der Waals surface area contributed by atoms with E-state index in [1.165, 1.54) is 0 Å². The van der Waals surface area contributed by atoms with Crippen LogP contribution in [0.5, 0.6) is 0 Å². The fourth-order valence-electron chi connectivity index (χ4n) is 2.01. The van der Waals surface area contributed by atoms with Crippen molar-refractivity contribution in [2.75, 3.05) is 24.7 Å². The van der Waals surface area contributed by atoms with Crippen LogP contribution in [0, 0.1) is 0 Å². The van der Waals surface area contributed by atoms with Gasteiger partial charge in [-0.15, -0.1) is 0 Å². The van der Waals surface area contributed by atoms with Crippen LogP contribution in [0.1, 0.15) is 15.9 Å². The smallest absolute Gasteiger partial charge is 0.253 e. The van der Waals surface area contributed by atoms with Crippen molar-refractivity contribution in [1.82, 2.24) is 5.32 Å². The first kappa shape index (κ1) is 15.2. The first-order valence-electron chi connectivity index (χ1n) is 6.57. The highest BCUT2D eigenvalue weighted by Crippen LogP contribution is 2.21. The normalized spacial score (nSPS) is 10.2. The Morgan fingerprint density at radius 1 is 1.19 bits per heavy atom. The van der Waals surface area contributed by atoms with Crippen molar-refractivity contribution < 1.29 is 4.79 Å². The molecule has 110 valence electrons. The SMILES string of the molecule is CN(C)c1ccc(N)cc1C(=O)NCc1ccc(Cl)cc1. The molecule has 0 saturated carbocycles. The number of nitrogens with one attached hydrogen (secondary N) is 1. The minimum absolute atomic E-state index is 0.152. The zero-order chi connectivity index (χ0) is 15.4. The van der Waals surface area contributed by atoms with Gasteiger partial charge in [-0.05, 0) is 35.9 Å². The summed E-state index contributed by atoms with van der Waals surface area (Å²) in [6.07, 6.45) is 0. The molecule has 0 saturated heterocycles. The van der Waals surface area contributed by atoms with E-state index in [4.69, 9.17) is 17.3 Å². The van der Waals surface area contributed by atoms with Crippen molar-refractivity contribution in [2.24, 2.45) is 0 Å². The number of hydrogen-bond donors (Lipinski definition) is 2. The number of amides is 1. The number of carbonyl (C=O) groups is 1. The van der Waals surface area contributed by atoms with Gasteiger partial charge in [-0.3, -0.25) is 4.79 Å². The number of carbonyl (C=O) groups excluding carboxylic acids is 1. The molecule has 2 rings (SSSR count). The number of nitrogens with two attached hydrogens (primary N) is 1. The Balaban J connectivity index is 2.13. The largest absolute Gasteiger partial charge is 0.399 e. The number of halogens is 1. The maximum Gasteiger partial charge on any atom is 0.253 e. The van der Waals surface area contributed by atoms with Gasteiger partial charge in [0.2, 0.25) is 0 Å². The molecule has 0 bridgehead atoms. The Hall–Kier alpha value is -2.20. The molecular formula is C16H18ClN3O. The van der Waals surface area contributed by atoms with E-state index < -0.39 is 0 Å². The van der Waals surface area contributed by atoms with Gasteiger partial charge in [0.15, 0.2) is 0 Å². The fourth-order valence-corrected chi connectivity index (χ4v) is 2.13. The number of rotatable bonds is 4. The van der Waals surface area contributed by atoms with Gasteiger partial charge in [-0.25, -0.2) is 0 Å². The number of hydrogen-bond acceptors (Lipinski definition) is 3. The molecule has 0 aromatic heterocycles. The Morgan fingerprint density at radius 3 is 2.48 bits per heavy atom. The van der Waals surface area contributed by atoms with Crippen molar-refractivity contribution in [2.45, 2.75) is 6.54 Å². The lowest BCUT2D eigenvalue weighted by Crippen LogP contribution is -2.25. The summed E-state index contributed by atoms with van der Waals surface area (Å²) in [5, 5.41) is 3.57.